The fourth-order valence-electron chi connectivity index (χ4n) is 3.57. The monoisotopic (exact) mass is 460 g/mol. The molecule has 0 radical (unpaired) electrons. The molecule has 0 aliphatic carbocycles. The zero-order valence-corrected chi connectivity index (χ0v) is 18.7. The molecule has 0 saturated heterocycles. The summed E-state index contributed by atoms with van der Waals surface area (Å²) in [5, 5.41) is 11.3. The lowest BCUT2D eigenvalue weighted by molar-refractivity contribution is 0.374. The van der Waals surface area contributed by atoms with Crippen LogP contribution in [0.5, 0.6) is 11.5 Å². The lowest BCUT2D eigenvalue weighted by atomic mass is 10.2. The van der Waals surface area contributed by atoms with Gasteiger partial charge in [-0.2, -0.15) is 10.2 Å². The van der Waals surface area contributed by atoms with E-state index in [0.29, 0.717) is 34.6 Å². The molecule has 0 aliphatic heterocycles. The van der Waals surface area contributed by atoms with Crippen LogP contribution >= 0.6 is 0 Å². The molecule has 0 saturated carbocycles. The molecule has 34 heavy (non-hydrogen) atoms. The van der Waals surface area contributed by atoms with Crippen LogP contribution in [0.1, 0.15) is 5.69 Å². The second-order valence-corrected chi connectivity index (χ2v) is 7.48. The number of aromatic nitrogens is 7. The predicted octanol–water partition coefficient (Wildman–Crippen LogP) is 2.99. The summed E-state index contributed by atoms with van der Waals surface area (Å²) >= 11 is 0. The van der Waals surface area contributed by atoms with E-state index >= 15 is 4.39 Å². The molecule has 0 amide bonds. The fraction of sp³-hybridized carbons (Fsp3) is 0.174. The second-order valence-electron chi connectivity index (χ2n) is 7.48. The Labute approximate surface area is 193 Å². The third kappa shape index (κ3) is 3.98. The highest BCUT2D eigenvalue weighted by atomic mass is 19.1. The van der Waals surface area contributed by atoms with E-state index in [1.807, 2.05) is 23.9 Å². The Morgan fingerprint density at radius 3 is 2.71 bits per heavy atom. The number of aryl methyl sites for hydroxylation is 1. The summed E-state index contributed by atoms with van der Waals surface area (Å²) in [7, 11) is 4.73. The van der Waals surface area contributed by atoms with Crippen LogP contribution in [-0.4, -0.2) is 48.7 Å². The van der Waals surface area contributed by atoms with E-state index in [0.717, 1.165) is 11.3 Å². The number of halogens is 1. The number of rotatable bonds is 6. The second kappa shape index (κ2) is 8.77. The molecule has 11 heteroatoms. The van der Waals surface area contributed by atoms with Crippen LogP contribution in [0.2, 0.25) is 0 Å². The maximum Gasteiger partial charge on any atom is 0.190 e. The van der Waals surface area contributed by atoms with E-state index in [-0.39, 0.29) is 11.4 Å². The average Bonchev–Trinajstić information content (AvgIpc) is 3.53. The molecule has 0 bridgehead atoms. The lowest BCUT2D eigenvalue weighted by Gasteiger charge is -2.12. The molecule has 4 aromatic heterocycles. The van der Waals surface area contributed by atoms with Crippen LogP contribution in [0.4, 0.5) is 10.1 Å². The summed E-state index contributed by atoms with van der Waals surface area (Å²) < 4.78 is 29.0. The highest BCUT2D eigenvalue weighted by molar-refractivity contribution is 5.73. The molecule has 0 atom stereocenters. The first-order valence-corrected chi connectivity index (χ1v) is 10.4. The maximum absolute atomic E-state index is 15.0. The molecule has 10 nitrogen and oxygen atoms in total. The van der Waals surface area contributed by atoms with Gasteiger partial charge in [-0.3, -0.25) is 14.8 Å². The summed E-state index contributed by atoms with van der Waals surface area (Å²) in [6.07, 6.45) is 7.01. The fourth-order valence-corrected chi connectivity index (χ4v) is 3.57. The Hall–Kier alpha value is -4.54. The number of nitrogens with one attached hydrogen (secondary N) is 1. The van der Waals surface area contributed by atoms with Crippen molar-refractivity contribution in [3.8, 4) is 22.8 Å². The third-order valence-corrected chi connectivity index (χ3v) is 5.27. The van der Waals surface area contributed by atoms with E-state index in [1.165, 1.54) is 26.4 Å². The molecule has 1 N–H and O–H groups in total. The van der Waals surface area contributed by atoms with Crippen LogP contribution in [0.3, 0.4) is 0 Å². The number of hydrogen-bond acceptors (Lipinski definition) is 7. The van der Waals surface area contributed by atoms with Gasteiger partial charge in [0.15, 0.2) is 17.2 Å². The van der Waals surface area contributed by atoms with Gasteiger partial charge in [-0.05, 0) is 18.2 Å². The van der Waals surface area contributed by atoms with E-state index < -0.39 is 5.82 Å². The number of hydrogen-bond donors (Lipinski definition) is 1. The molecule has 0 spiro atoms. The number of aromatic amines is 1. The normalized spacial score (nSPS) is 11.8. The molecule has 0 fully saturated rings. The molecule has 5 rings (SSSR count). The van der Waals surface area contributed by atoms with Crippen molar-refractivity contribution >= 4 is 16.9 Å². The SMILES string of the molecule is COc1cc(/N=c2\ccc3ncc(-c4cnn(C)c4)nc3n2Cc2cc[nH]n2)c(F)c(OC)c1. The standard InChI is InChI=1S/C23H21FN8O2/c1-31-12-14(10-27-31)19-11-25-17-4-5-21(32(23(17)29-19)13-15-6-7-26-30-15)28-18-8-16(33-2)9-20(34-3)22(18)24/h4-12H,13H2,1-3H3,(H,26,30)/b28-21+. The van der Waals surface area contributed by atoms with Gasteiger partial charge in [0.2, 0.25) is 0 Å². The van der Waals surface area contributed by atoms with E-state index in [2.05, 4.69) is 25.3 Å². The Morgan fingerprint density at radius 1 is 1.12 bits per heavy atom. The molecule has 4 heterocycles. The Kier molecular flexibility index (Phi) is 5.50. The minimum atomic E-state index is -0.593. The molecule has 1 aromatic carbocycles. The number of benzene rings is 1. The van der Waals surface area contributed by atoms with Gasteiger partial charge in [0.25, 0.3) is 0 Å². The van der Waals surface area contributed by atoms with Crippen molar-refractivity contribution in [2.45, 2.75) is 6.54 Å². The zero-order chi connectivity index (χ0) is 23.7. The molecular formula is C23H21FN8O2. The van der Waals surface area contributed by atoms with Crippen molar-refractivity contribution in [2.24, 2.45) is 12.0 Å². The maximum atomic E-state index is 15.0. The minimum Gasteiger partial charge on any atom is -0.497 e. The van der Waals surface area contributed by atoms with Gasteiger partial charge < -0.3 is 14.0 Å². The minimum absolute atomic E-state index is 0.0383. The van der Waals surface area contributed by atoms with Crippen LogP contribution < -0.4 is 15.0 Å². The van der Waals surface area contributed by atoms with Gasteiger partial charge in [-0.15, -0.1) is 0 Å². The smallest absolute Gasteiger partial charge is 0.190 e. The van der Waals surface area contributed by atoms with E-state index in [1.54, 1.807) is 35.4 Å². The highest BCUT2D eigenvalue weighted by Crippen LogP contribution is 2.32. The molecular weight excluding hydrogens is 439 g/mol. The van der Waals surface area contributed by atoms with Gasteiger partial charge in [0.1, 0.15) is 22.4 Å². The quantitative estimate of drug-likeness (QED) is 0.417. The summed E-state index contributed by atoms with van der Waals surface area (Å²) in [6.45, 7) is 0.341. The van der Waals surface area contributed by atoms with Crippen molar-refractivity contribution in [3.63, 3.8) is 0 Å². The number of H-pyrrole nitrogens is 1. The molecule has 0 unspecified atom stereocenters. The Morgan fingerprint density at radius 2 is 2.00 bits per heavy atom. The van der Waals surface area contributed by atoms with Gasteiger partial charge in [-0.25, -0.2) is 14.4 Å². The molecule has 172 valence electrons. The zero-order valence-electron chi connectivity index (χ0n) is 18.7. The number of ether oxygens (including phenoxy) is 2. The van der Waals surface area contributed by atoms with Gasteiger partial charge in [-0.1, -0.05) is 0 Å². The summed E-state index contributed by atoms with van der Waals surface area (Å²) in [5.41, 5.74) is 4.00. The summed E-state index contributed by atoms with van der Waals surface area (Å²) in [5.74, 6) is -0.128. The Balaban J connectivity index is 1.76. The van der Waals surface area contributed by atoms with Crippen LogP contribution in [0, 0.1) is 5.82 Å². The number of nitrogens with zero attached hydrogens (tertiary/aromatic N) is 7. The predicted molar refractivity (Wildman–Crippen MR) is 122 cm³/mol. The van der Waals surface area contributed by atoms with Crippen LogP contribution in [0.15, 0.2) is 60.1 Å². The van der Waals surface area contributed by atoms with Gasteiger partial charge in [0, 0.05) is 37.1 Å². The van der Waals surface area contributed by atoms with E-state index in [9.17, 15) is 0 Å². The number of pyridine rings is 1. The van der Waals surface area contributed by atoms with Crippen LogP contribution in [0.25, 0.3) is 22.4 Å². The largest absolute Gasteiger partial charge is 0.497 e. The number of fused-ring (bicyclic) bond motifs is 1. The van der Waals surface area contributed by atoms with Gasteiger partial charge in [0.05, 0.1) is 44.5 Å². The van der Waals surface area contributed by atoms with Gasteiger partial charge >= 0.3 is 0 Å². The van der Waals surface area contributed by atoms with E-state index in [4.69, 9.17) is 14.5 Å². The summed E-state index contributed by atoms with van der Waals surface area (Å²) in [6, 6.07) is 8.39. The molecule has 0 aliphatic rings. The Bertz CT molecular complexity index is 1540. The third-order valence-electron chi connectivity index (χ3n) is 5.27. The van der Waals surface area contributed by atoms with Crippen molar-refractivity contribution in [1.82, 2.24) is 34.5 Å². The van der Waals surface area contributed by atoms with Crippen LogP contribution in [-0.2, 0) is 13.6 Å². The first kappa shape index (κ1) is 21.3. The average molecular weight is 460 g/mol. The van der Waals surface area contributed by atoms with Crippen molar-refractivity contribution in [2.75, 3.05) is 14.2 Å². The topological polar surface area (TPSA) is 108 Å². The number of methoxy groups -OCH3 is 2. The first-order chi connectivity index (χ1) is 16.6. The van der Waals surface area contributed by atoms with Crippen molar-refractivity contribution in [3.05, 3.63) is 72.1 Å². The lowest BCUT2D eigenvalue weighted by Crippen LogP contribution is -2.23. The van der Waals surface area contributed by atoms with Crippen molar-refractivity contribution in [1.29, 1.82) is 0 Å². The van der Waals surface area contributed by atoms with Crippen molar-refractivity contribution < 1.29 is 13.9 Å². The highest BCUT2D eigenvalue weighted by Gasteiger charge is 2.14. The summed E-state index contributed by atoms with van der Waals surface area (Å²) in [4.78, 5) is 14.0. The first-order valence-electron chi connectivity index (χ1n) is 10.4. The molecule has 5 aromatic rings.